The molecule has 0 radical (unpaired) electrons. The van der Waals surface area contributed by atoms with E-state index in [1.807, 2.05) is 38.4 Å². The molecule has 0 spiro atoms. The molecule has 0 amide bonds. The molecule has 98 valence electrons. The monoisotopic (exact) mass is 256 g/mol. The zero-order valence-electron chi connectivity index (χ0n) is 11.2. The van der Waals surface area contributed by atoms with Crippen LogP contribution in [0, 0.1) is 0 Å². The lowest BCUT2D eigenvalue weighted by Gasteiger charge is -2.01. The molecule has 3 rings (SSSR count). The quantitative estimate of drug-likeness (QED) is 0.764. The van der Waals surface area contributed by atoms with Gasteiger partial charge in [0.15, 0.2) is 0 Å². The molecule has 0 bridgehead atoms. The predicted molar refractivity (Wildman–Crippen MR) is 76.1 cm³/mol. The van der Waals surface area contributed by atoms with Gasteiger partial charge in [-0.2, -0.15) is 5.10 Å². The van der Waals surface area contributed by atoms with E-state index in [1.165, 1.54) is 0 Å². The summed E-state index contributed by atoms with van der Waals surface area (Å²) < 4.78 is 9.05. The molecule has 3 aromatic rings. The maximum absolute atomic E-state index is 5.85. The second-order valence-electron chi connectivity index (χ2n) is 4.61. The van der Waals surface area contributed by atoms with Gasteiger partial charge < -0.3 is 15.0 Å². The van der Waals surface area contributed by atoms with Crippen molar-refractivity contribution in [1.29, 1.82) is 0 Å². The van der Waals surface area contributed by atoms with E-state index in [0.717, 1.165) is 27.9 Å². The smallest absolute Gasteiger partial charge is 0.121 e. The van der Waals surface area contributed by atoms with E-state index in [4.69, 9.17) is 10.5 Å². The summed E-state index contributed by atoms with van der Waals surface area (Å²) in [6.07, 6.45) is 2.06. The molecule has 0 fully saturated rings. The summed E-state index contributed by atoms with van der Waals surface area (Å²) in [6, 6.07) is 7.91. The topological polar surface area (TPSA) is 58.0 Å². The summed E-state index contributed by atoms with van der Waals surface area (Å²) in [5.74, 6) is 1.48. The third-order valence-electron chi connectivity index (χ3n) is 3.39. The third-order valence-corrected chi connectivity index (χ3v) is 3.39. The first-order valence-corrected chi connectivity index (χ1v) is 6.03. The molecule has 1 aromatic carbocycles. The Kier molecular flexibility index (Phi) is 2.48. The zero-order chi connectivity index (χ0) is 13.6. The third kappa shape index (κ3) is 1.74. The Balaban J connectivity index is 2.28. The summed E-state index contributed by atoms with van der Waals surface area (Å²) in [5, 5.41) is 5.55. The van der Waals surface area contributed by atoms with Crippen LogP contribution in [0.2, 0.25) is 0 Å². The number of nitrogen functional groups attached to an aromatic ring is 1. The van der Waals surface area contributed by atoms with E-state index < -0.39 is 0 Å². The fourth-order valence-corrected chi connectivity index (χ4v) is 2.32. The standard InChI is InChI=1S/C14H16N4O/c1-17-8-11(12-7-14(15)18(2)16-12)10-6-9(19-3)4-5-13(10)17/h4-8H,15H2,1-3H3. The Morgan fingerprint density at radius 1 is 1.21 bits per heavy atom. The van der Waals surface area contributed by atoms with Crippen LogP contribution in [0.3, 0.4) is 0 Å². The maximum atomic E-state index is 5.85. The number of hydrogen-bond acceptors (Lipinski definition) is 3. The van der Waals surface area contributed by atoms with Crippen LogP contribution in [-0.4, -0.2) is 21.5 Å². The fraction of sp³-hybridized carbons (Fsp3) is 0.214. The van der Waals surface area contributed by atoms with Gasteiger partial charge in [0, 0.05) is 42.8 Å². The molecule has 0 atom stereocenters. The van der Waals surface area contributed by atoms with Crippen LogP contribution in [-0.2, 0) is 14.1 Å². The van der Waals surface area contributed by atoms with Crippen LogP contribution in [0.4, 0.5) is 5.82 Å². The predicted octanol–water partition coefficient (Wildman–Crippen LogP) is 2.17. The molecule has 2 heterocycles. The number of anilines is 1. The number of ether oxygens (including phenoxy) is 1. The van der Waals surface area contributed by atoms with Gasteiger partial charge in [0.25, 0.3) is 0 Å². The van der Waals surface area contributed by atoms with Gasteiger partial charge in [-0.3, -0.25) is 4.68 Å². The van der Waals surface area contributed by atoms with E-state index in [9.17, 15) is 0 Å². The summed E-state index contributed by atoms with van der Waals surface area (Å²) in [7, 11) is 5.53. The van der Waals surface area contributed by atoms with E-state index in [-0.39, 0.29) is 0 Å². The average Bonchev–Trinajstić information content (AvgIpc) is 2.91. The van der Waals surface area contributed by atoms with Gasteiger partial charge in [0.2, 0.25) is 0 Å². The van der Waals surface area contributed by atoms with E-state index in [1.54, 1.807) is 11.8 Å². The van der Waals surface area contributed by atoms with E-state index in [0.29, 0.717) is 5.82 Å². The Labute approximate surface area is 111 Å². The van der Waals surface area contributed by atoms with Crippen molar-refractivity contribution in [2.75, 3.05) is 12.8 Å². The summed E-state index contributed by atoms with van der Waals surface area (Å²) >= 11 is 0. The molecule has 0 saturated heterocycles. The molecule has 0 unspecified atom stereocenters. The molecule has 0 aliphatic heterocycles. The molecule has 5 nitrogen and oxygen atoms in total. The van der Waals surface area contributed by atoms with Crippen LogP contribution in [0.15, 0.2) is 30.5 Å². The largest absolute Gasteiger partial charge is 0.497 e. The van der Waals surface area contributed by atoms with Crippen molar-refractivity contribution in [1.82, 2.24) is 14.3 Å². The molecule has 5 heteroatoms. The molecule has 0 aliphatic rings. The normalized spacial score (nSPS) is 11.1. The van der Waals surface area contributed by atoms with Crippen LogP contribution < -0.4 is 10.5 Å². The molecule has 2 aromatic heterocycles. The van der Waals surface area contributed by atoms with Crippen molar-refractivity contribution in [3.05, 3.63) is 30.5 Å². The molecular formula is C14H16N4O. The number of methoxy groups -OCH3 is 1. The first-order chi connectivity index (χ1) is 9.10. The van der Waals surface area contributed by atoms with Gasteiger partial charge in [-0.25, -0.2) is 0 Å². The van der Waals surface area contributed by atoms with Crippen molar-refractivity contribution < 1.29 is 4.74 Å². The molecular weight excluding hydrogens is 240 g/mol. The van der Waals surface area contributed by atoms with Gasteiger partial charge in [0.05, 0.1) is 12.8 Å². The van der Waals surface area contributed by atoms with Gasteiger partial charge >= 0.3 is 0 Å². The highest BCUT2D eigenvalue weighted by atomic mass is 16.5. The maximum Gasteiger partial charge on any atom is 0.121 e. The lowest BCUT2D eigenvalue weighted by Crippen LogP contribution is -1.96. The number of aryl methyl sites for hydroxylation is 2. The van der Waals surface area contributed by atoms with Gasteiger partial charge in [-0.1, -0.05) is 0 Å². The van der Waals surface area contributed by atoms with Crippen LogP contribution in [0.25, 0.3) is 22.2 Å². The fourth-order valence-electron chi connectivity index (χ4n) is 2.32. The SMILES string of the molecule is COc1ccc2c(c1)c(-c1cc(N)n(C)n1)cn2C. The second kappa shape index (κ2) is 4.05. The number of nitrogens with two attached hydrogens (primary N) is 1. The highest BCUT2D eigenvalue weighted by Crippen LogP contribution is 2.32. The van der Waals surface area contributed by atoms with Gasteiger partial charge in [-0.05, 0) is 18.2 Å². The first-order valence-electron chi connectivity index (χ1n) is 6.03. The van der Waals surface area contributed by atoms with Gasteiger partial charge in [0.1, 0.15) is 11.6 Å². The lowest BCUT2D eigenvalue weighted by molar-refractivity contribution is 0.415. The zero-order valence-corrected chi connectivity index (χ0v) is 11.2. The minimum absolute atomic E-state index is 0.648. The van der Waals surface area contributed by atoms with Crippen molar-refractivity contribution in [2.24, 2.45) is 14.1 Å². The molecule has 0 aliphatic carbocycles. The van der Waals surface area contributed by atoms with Crippen LogP contribution in [0.5, 0.6) is 5.75 Å². The van der Waals surface area contributed by atoms with Crippen LogP contribution >= 0.6 is 0 Å². The first kappa shape index (κ1) is 11.6. The Hall–Kier alpha value is -2.43. The highest BCUT2D eigenvalue weighted by Gasteiger charge is 2.13. The average molecular weight is 256 g/mol. The number of rotatable bonds is 2. The number of fused-ring (bicyclic) bond motifs is 1. The summed E-state index contributed by atoms with van der Waals surface area (Å²) in [6.45, 7) is 0. The number of aromatic nitrogens is 3. The minimum atomic E-state index is 0.648. The Bertz CT molecular complexity index is 735. The molecule has 19 heavy (non-hydrogen) atoms. The summed E-state index contributed by atoms with van der Waals surface area (Å²) in [5.41, 5.74) is 8.93. The van der Waals surface area contributed by atoms with Crippen LogP contribution in [0.1, 0.15) is 0 Å². The lowest BCUT2D eigenvalue weighted by atomic mass is 10.1. The molecule has 0 saturated carbocycles. The highest BCUT2D eigenvalue weighted by molar-refractivity contribution is 5.96. The van der Waals surface area contributed by atoms with Crippen molar-refractivity contribution in [3.8, 4) is 17.0 Å². The van der Waals surface area contributed by atoms with Gasteiger partial charge in [-0.15, -0.1) is 0 Å². The van der Waals surface area contributed by atoms with E-state index in [2.05, 4.69) is 15.9 Å². The Morgan fingerprint density at radius 2 is 2.00 bits per heavy atom. The van der Waals surface area contributed by atoms with Crippen molar-refractivity contribution >= 4 is 16.7 Å². The molecule has 2 N–H and O–H groups in total. The number of nitrogens with zero attached hydrogens (tertiary/aromatic N) is 3. The van der Waals surface area contributed by atoms with Crippen molar-refractivity contribution in [2.45, 2.75) is 0 Å². The summed E-state index contributed by atoms with van der Waals surface area (Å²) in [4.78, 5) is 0. The Morgan fingerprint density at radius 3 is 2.63 bits per heavy atom. The number of benzene rings is 1. The van der Waals surface area contributed by atoms with Crippen molar-refractivity contribution in [3.63, 3.8) is 0 Å². The minimum Gasteiger partial charge on any atom is -0.497 e. The van der Waals surface area contributed by atoms with E-state index >= 15 is 0 Å². The second-order valence-corrected chi connectivity index (χ2v) is 4.61. The number of hydrogen-bond donors (Lipinski definition) is 1.